The van der Waals surface area contributed by atoms with E-state index in [0.29, 0.717) is 17.2 Å². The summed E-state index contributed by atoms with van der Waals surface area (Å²) in [5.41, 5.74) is 2.67. The number of hydrogen-bond acceptors (Lipinski definition) is 5. The van der Waals surface area contributed by atoms with Crippen LogP contribution in [-0.2, 0) is 4.79 Å². The number of hydrogen-bond donors (Lipinski definition) is 2. The molecule has 0 bridgehead atoms. The largest absolute Gasteiger partial charge is 0.356 e. The number of nitrogens with one attached hydrogen (secondary N) is 2. The number of carbonyl (C=O) groups excluding carboxylic acids is 1. The smallest absolute Gasteiger partial charge is 0.177 e. The first-order valence-corrected chi connectivity index (χ1v) is 6.85. The van der Waals surface area contributed by atoms with Crippen molar-refractivity contribution in [2.45, 2.75) is 13.8 Å². The van der Waals surface area contributed by atoms with Gasteiger partial charge in [0.1, 0.15) is 11.4 Å². The summed E-state index contributed by atoms with van der Waals surface area (Å²) in [6, 6.07) is 0. The van der Waals surface area contributed by atoms with Crippen LogP contribution in [-0.4, -0.2) is 30.3 Å². The molecule has 0 spiro atoms. The van der Waals surface area contributed by atoms with Crippen LogP contribution in [0.15, 0.2) is 69.6 Å². The summed E-state index contributed by atoms with van der Waals surface area (Å²) in [5.74, 6) is 0.600. The third-order valence-corrected chi connectivity index (χ3v) is 3.22. The molecule has 6 nitrogen and oxygen atoms in total. The van der Waals surface area contributed by atoms with Crippen LogP contribution in [0, 0.1) is 0 Å². The molecule has 0 aromatic rings. The number of amidine groups is 1. The van der Waals surface area contributed by atoms with Crippen molar-refractivity contribution in [1.29, 1.82) is 0 Å². The lowest BCUT2D eigenvalue weighted by Gasteiger charge is -2.34. The number of rotatable bonds is 4. The zero-order valence-electron chi connectivity index (χ0n) is 12.9. The van der Waals surface area contributed by atoms with Crippen LogP contribution < -0.4 is 10.6 Å². The Morgan fingerprint density at radius 1 is 1.41 bits per heavy atom. The van der Waals surface area contributed by atoms with Crippen LogP contribution in [0.1, 0.15) is 13.8 Å². The predicted molar refractivity (Wildman–Crippen MR) is 88.8 cm³/mol. The normalized spacial score (nSPS) is 19.8. The maximum absolute atomic E-state index is 11.8. The minimum Gasteiger partial charge on any atom is -0.356 e. The molecule has 2 rings (SSSR count). The van der Waals surface area contributed by atoms with Gasteiger partial charge in [0, 0.05) is 32.6 Å². The molecule has 0 aromatic heterocycles. The first-order chi connectivity index (χ1) is 10.6. The zero-order chi connectivity index (χ0) is 16.1. The minimum absolute atomic E-state index is 0.0448. The van der Waals surface area contributed by atoms with Crippen molar-refractivity contribution in [3.05, 3.63) is 59.6 Å². The lowest BCUT2D eigenvalue weighted by atomic mass is 10.1. The Kier molecular flexibility index (Phi) is 4.73. The Labute approximate surface area is 130 Å². The van der Waals surface area contributed by atoms with Gasteiger partial charge < -0.3 is 15.5 Å². The second-order valence-electron chi connectivity index (χ2n) is 4.59. The van der Waals surface area contributed by atoms with E-state index in [2.05, 4.69) is 27.3 Å². The lowest BCUT2D eigenvalue weighted by Crippen LogP contribution is -2.41. The molecule has 0 fully saturated rings. The third-order valence-electron chi connectivity index (χ3n) is 3.22. The molecule has 6 heteroatoms. The highest BCUT2D eigenvalue weighted by atomic mass is 16.1. The average Bonchev–Trinajstić information content (AvgIpc) is 2.54. The van der Waals surface area contributed by atoms with E-state index < -0.39 is 0 Å². The molecule has 0 radical (unpaired) electrons. The van der Waals surface area contributed by atoms with Gasteiger partial charge in [0.05, 0.1) is 11.4 Å². The summed E-state index contributed by atoms with van der Waals surface area (Å²) >= 11 is 0. The number of nitrogens with zero attached hydrogens (tertiary/aromatic N) is 3. The van der Waals surface area contributed by atoms with Crippen LogP contribution >= 0.6 is 0 Å². The Morgan fingerprint density at radius 2 is 2.18 bits per heavy atom. The van der Waals surface area contributed by atoms with Gasteiger partial charge in [-0.05, 0) is 19.7 Å². The first kappa shape index (κ1) is 15.5. The molecule has 2 heterocycles. The summed E-state index contributed by atoms with van der Waals surface area (Å²) in [6.45, 7) is 7.07. The highest BCUT2D eigenvalue weighted by molar-refractivity contribution is 6.04. The molecule has 2 aliphatic heterocycles. The van der Waals surface area contributed by atoms with Gasteiger partial charge in [-0.3, -0.25) is 14.8 Å². The number of Topliss-reactive ketones (excluding diaryl/α,β-unsaturated/α-hetero) is 1. The summed E-state index contributed by atoms with van der Waals surface area (Å²) in [4.78, 5) is 21.9. The van der Waals surface area contributed by atoms with Crippen LogP contribution in [0.3, 0.4) is 0 Å². The Hall–Kier alpha value is -2.89. The molecule has 0 aromatic carbocycles. The second-order valence-corrected chi connectivity index (χ2v) is 4.59. The number of fused-ring (bicyclic) bond motifs is 1. The quantitative estimate of drug-likeness (QED) is 0.613. The van der Waals surface area contributed by atoms with E-state index in [-0.39, 0.29) is 5.78 Å². The number of allylic oxidation sites excluding steroid dienone is 4. The van der Waals surface area contributed by atoms with Crippen molar-refractivity contribution in [2.24, 2.45) is 9.98 Å². The summed E-state index contributed by atoms with van der Waals surface area (Å²) in [6.07, 6.45) is 10.8. The van der Waals surface area contributed by atoms with E-state index in [1.54, 1.807) is 30.5 Å². The molecular weight excluding hydrogens is 278 g/mol. The molecule has 0 aliphatic carbocycles. The minimum atomic E-state index is -0.0448. The fourth-order valence-electron chi connectivity index (χ4n) is 2.21. The fourth-order valence-corrected chi connectivity index (χ4v) is 2.21. The molecular formula is C16H19N5O. The maximum atomic E-state index is 11.8. The number of ketones is 1. The van der Waals surface area contributed by atoms with Gasteiger partial charge in [0.25, 0.3) is 0 Å². The number of carbonyl (C=O) groups is 1. The molecule has 0 amide bonds. The highest BCUT2D eigenvalue weighted by Crippen LogP contribution is 2.28. The average molecular weight is 297 g/mol. The fraction of sp³-hybridized carbons (Fsp3) is 0.188. The molecule has 114 valence electrons. The SMILES string of the molecule is C=N/C(=C\C=C/C)C1=C2C(=NC)NC=CN2C(C(C)=O)=CN1. The van der Waals surface area contributed by atoms with Gasteiger partial charge in [-0.1, -0.05) is 12.2 Å². The van der Waals surface area contributed by atoms with Crippen molar-refractivity contribution in [3.63, 3.8) is 0 Å². The molecule has 2 aliphatic rings. The topological polar surface area (TPSA) is 69.1 Å². The monoisotopic (exact) mass is 297 g/mol. The van der Waals surface area contributed by atoms with E-state index in [1.165, 1.54) is 6.92 Å². The van der Waals surface area contributed by atoms with Crippen molar-refractivity contribution >= 4 is 18.3 Å². The van der Waals surface area contributed by atoms with E-state index in [0.717, 1.165) is 11.4 Å². The summed E-state index contributed by atoms with van der Waals surface area (Å²) in [7, 11) is 1.69. The number of aliphatic imine (C=N–C) groups is 2. The third kappa shape index (κ3) is 2.76. The standard InChI is InChI=1S/C16H19N5O/c1-5-6-7-12(17-3)14-15-16(18-4)19-8-9-21(15)13(10-20-14)11(2)22/h5-10,20H,3H2,1-2,4H3,(H,18,19)/b6-5-,12-7-. The van der Waals surface area contributed by atoms with Crippen LogP contribution in [0.4, 0.5) is 0 Å². The predicted octanol–water partition coefficient (Wildman–Crippen LogP) is 1.80. The van der Waals surface area contributed by atoms with Crippen LogP contribution in [0.5, 0.6) is 0 Å². The Balaban J connectivity index is 2.63. The van der Waals surface area contributed by atoms with Crippen molar-refractivity contribution < 1.29 is 4.79 Å². The van der Waals surface area contributed by atoms with Crippen LogP contribution in [0.25, 0.3) is 0 Å². The molecule has 0 unspecified atom stereocenters. The Morgan fingerprint density at radius 3 is 2.77 bits per heavy atom. The first-order valence-electron chi connectivity index (χ1n) is 6.85. The molecule has 0 saturated carbocycles. The van der Waals surface area contributed by atoms with Gasteiger partial charge in [-0.2, -0.15) is 0 Å². The Bertz CT molecular complexity index is 677. The van der Waals surface area contributed by atoms with Gasteiger partial charge in [-0.15, -0.1) is 0 Å². The zero-order valence-corrected chi connectivity index (χ0v) is 12.9. The van der Waals surface area contributed by atoms with E-state index in [1.807, 2.05) is 25.2 Å². The van der Waals surface area contributed by atoms with Crippen molar-refractivity contribution in [1.82, 2.24) is 15.5 Å². The lowest BCUT2D eigenvalue weighted by molar-refractivity contribution is -0.114. The van der Waals surface area contributed by atoms with E-state index >= 15 is 0 Å². The van der Waals surface area contributed by atoms with Gasteiger partial charge >= 0.3 is 0 Å². The van der Waals surface area contributed by atoms with E-state index in [9.17, 15) is 4.79 Å². The molecule has 2 N–H and O–H groups in total. The van der Waals surface area contributed by atoms with Crippen molar-refractivity contribution in [3.8, 4) is 0 Å². The van der Waals surface area contributed by atoms with Crippen LogP contribution in [0.2, 0.25) is 0 Å². The molecule has 0 saturated heterocycles. The summed E-state index contributed by atoms with van der Waals surface area (Å²) < 4.78 is 0. The van der Waals surface area contributed by atoms with Crippen molar-refractivity contribution in [2.75, 3.05) is 7.05 Å². The van der Waals surface area contributed by atoms with Gasteiger partial charge in [0.2, 0.25) is 0 Å². The second kappa shape index (κ2) is 6.71. The maximum Gasteiger partial charge on any atom is 0.177 e. The summed E-state index contributed by atoms with van der Waals surface area (Å²) in [5, 5.41) is 6.21. The highest BCUT2D eigenvalue weighted by Gasteiger charge is 2.30. The molecule has 22 heavy (non-hydrogen) atoms. The van der Waals surface area contributed by atoms with Gasteiger partial charge in [-0.25, -0.2) is 0 Å². The van der Waals surface area contributed by atoms with E-state index in [4.69, 9.17) is 0 Å². The van der Waals surface area contributed by atoms with Gasteiger partial charge in [0.15, 0.2) is 11.6 Å². The molecule has 0 atom stereocenters.